The third kappa shape index (κ3) is 6.70. The third-order valence-corrected chi connectivity index (χ3v) is 7.69. The molecule has 0 spiro atoms. The first-order valence-electron chi connectivity index (χ1n) is 14.5. The number of fused-ring (bicyclic) bond motifs is 1. The van der Waals surface area contributed by atoms with Crippen LogP contribution in [0.3, 0.4) is 0 Å². The maximum Gasteiger partial charge on any atom is 0.335 e. The van der Waals surface area contributed by atoms with E-state index in [4.69, 9.17) is 14.7 Å². The molecule has 3 aromatic carbocycles. The van der Waals surface area contributed by atoms with Crippen LogP contribution in [0.1, 0.15) is 32.9 Å². The Morgan fingerprint density at radius 1 is 0.957 bits per heavy atom. The molecule has 12 heteroatoms. The van der Waals surface area contributed by atoms with Crippen molar-refractivity contribution in [2.45, 2.75) is 19.6 Å². The predicted octanol–water partition coefficient (Wildman–Crippen LogP) is 6.16. The van der Waals surface area contributed by atoms with Crippen molar-refractivity contribution in [2.24, 2.45) is 7.05 Å². The van der Waals surface area contributed by atoms with Gasteiger partial charge in [-0.15, -0.1) is 0 Å². The number of hydrogen-bond donors (Lipinski definition) is 1. The van der Waals surface area contributed by atoms with Crippen molar-refractivity contribution in [3.05, 3.63) is 119 Å². The molecule has 6 aromatic rings. The number of rotatable bonds is 11. The van der Waals surface area contributed by atoms with Gasteiger partial charge in [-0.2, -0.15) is 10.4 Å². The predicted molar refractivity (Wildman–Crippen MR) is 169 cm³/mol. The van der Waals surface area contributed by atoms with Crippen molar-refractivity contribution in [3.8, 4) is 34.3 Å². The standard InChI is InChI=1S/C35H28F2N6O4/c1-42-19-27(18-39-42)26-13-31(41-34(16-26)47-20-25-4-3-21(17-38)11-28(25)36)23-6-5-22(29(37)12-23)15-33-40-30-8-7-24(35(44)45)14-32(30)43(33)9-10-46-2/h3-8,11-14,16,18-19H,9-10,15,20H2,1-2H3,(H,44,45). The molecule has 0 saturated carbocycles. The molecule has 0 bridgehead atoms. The fourth-order valence-electron chi connectivity index (χ4n) is 5.24. The number of carboxylic acid groups (broad SMARTS) is 1. The van der Waals surface area contributed by atoms with Crippen LogP contribution in [0.25, 0.3) is 33.4 Å². The minimum atomic E-state index is -1.05. The van der Waals surface area contributed by atoms with Gasteiger partial charge in [-0.05, 0) is 53.6 Å². The van der Waals surface area contributed by atoms with E-state index in [0.717, 1.165) is 17.2 Å². The molecule has 3 heterocycles. The zero-order chi connectivity index (χ0) is 33.1. The van der Waals surface area contributed by atoms with Gasteiger partial charge >= 0.3 is 5.97 Å². The van der Waals surface area contributed by atoms with Crippen LogP contribution in [-0.4, -0.2) is 49.1 Å². The number of halogens is 2. The Morgan fingerprint density at radius 2 is 1.77 bits per heavy atom. The molecule has 0 aliphatic carbocycles. The second kappa shape index (κ2) is 13.2. The highest BCUT2D eigenvalue weighted by Gasteiger charge is 2.17. The molecule has 0 radical (unpaired) electrons. The molecule has 0 aliphatic rings. The number of benzene rings is 3. The lowest BCUT2D eigenvalue weighted by atomic mass is 10.0. The Hall–Kier alpha value is -5.93. The van der Waals surface area contributed by atoms with Crippen LogP contribution >= 0.6 is 0 Å². The highest BCUT2D eigenvalue weighted by Crippen LogP contribution is 2.31. The number of imidazole rings is 1. The summed E-state index contributed by atoms with van der Waals surface area (Å²) in [6.45, 7) is 0.634. The molecule has 47 heavy (non-hydrogen) atoms. The first-order valence-corrected chi connectivity index (χ1v) is 14.5. The van der Waals surface area contributed by atoms with Crippen LogP contribution in [0.2, 0.25) is 0 Å². The molecule has 10 nitrogen and oxygen atoms in total. The summed E-state index contributed by atoms with van der Waals surface area (Å²) < 4.78 is 44.9. The Bertz CT molecular complexity index is 2170. The molecule has 236 valence electrons. The summed E-state index contributed by atoms with van der Waals surface area (Å²) in [5, 5.41) is 22.7. The minimum Gasteiger partial charge on any atom is -0.478 e. The lowest BCUT2D eigenvalue weighted by Crippen LogP contribution is -2.10. The second-order valence-corrected chi connectivity index (χ2v) is 10.9. The number of methoxy groups -OCH3 is 1. The second-order valence-electron chi connectivity index (χ2n) is 10.9. The molecule has 0 unspecified atom stereocenters. The Morgan fingerprint density at radius 3 is 2.47 bits per heavy atom. The van der Waals surface area contributed by atoms with Crippen molar-refractivity contribution in [1.82, 2.24) is 24.3 Å². The van der Waals surface area contributed by atoms with Crippen molar-refractivity contribution in [1.29, 1.82) is 5.26 Å². The van der Waals surface area contributed by atoms with E-state index in [2.05, 4.69) is 15.1 Å². The molecule has 0 fully saturated rings. The monoisotopic (exact) mass is 634 g/mol. The normalized spacial score (nSPS) is 11.1. The number of carboxylic acids is 1. The van der Waals surface area contributed by atoms with Gasteiger partial charge in [-0.25, -0.2) is 23.5 Å². The molecule has 3 aromatic heterocycles. The van der Waals surface area contributed by atoms with Gasteiger partial charge in [0.05, 0.1) is 46.7 Å². The number of carbonyl (C=O) groups is 1. The van der Waals surface area contributed by atoms with Gasteiger partial charge in [-0.1, -0.05) is 18.2 Å². The number of pyridine rings is 1. The Labute approximate surface area is 268 Å². The first-order chi connectivity index (χ1) is 22.7. The number of nitriles is 1. The largest absolute Gasteiger partial charge is 0.478 e. The van der Waals surface area contributed by atoms with E-state index in [0.29, 0.717) is 46.8 Å². The van der Waals surface area contributed by atoms with E-state index in [1.54, 1.807) is 61.4 Å². The number of ether oxygens (including phenoxy) is 2. The van der Waals surface area contributed by atoms with Gasteiger partial charge in [0.1, 0.15) is 24.1 Å². The zero-order valence-corrected chi connectivity index (χ0v) is 25.4. The zero-order valence-electron chi connectivity index (χ0n) is 25.4. The molecule has 1 N–H and O–H groups in total. The van der Waals surface area contributed by atoms with E-state index < -0.39 is 17.6 Å². The summed E-state index contributed by atoms with van der Waals surface area (Å²) in [6, 6.07) is 19.0. The minimum absolute atomic E-state index is 0.129. The lowest BCUT2D eigenvalue weighted by Gasteiger charge is -2.12. The average Bonchev–Trinajstić information content (AvgIpc) is 3.66. The summed E-state index contributed by atoms with van der Waals surface area (Å²) in [5.41, 5.74) is 4.62. The van der Waals surface area contributed by atoms with Gasteiger partial charge in [0.15, 0.2) is 0 Å². The molecule has 6 rings (SSSR count). The number of aromatic carboxylic acids is 1. The fourth-order valence-corrected chi connectivity index (χ4v) is 5.24. The first kappa shape index (κ1) is 31.1. The molecule has 0 saturated heterocycles. The quantitative estimate of drug-likeness (QED) is 0.179. The number of aryl methyl sites for hydroxylation is 1. The topological polar surface area (TPSA) is 128 Å². The molecule has 0 aliphatic heterocycles. The summed E-state index contributed by atoms with van der Waals surface area (Å²) >= 11 is 0. The van der Waals surface area contributed by atoms with Gasteiger partial charge in [0.2, 0.25) is 5.88 Å². The maximum atomic E-state index is 15.8. The molecular weight excluding hydrogens is 606 g/mol. The number of hydrogen-bond acceptors (Lipinski definition) is 7. The summed E-state index contributed by atoms with van der Waals surface area (Å²) in [6.07, 6.45) is 3.66. The summed E-state index contributed by atoms with van der Waals surface area (Å²) in [7, 11) is 3.36. The van der Waals surface area contributed by atoms with E-state index in [-0.39, 0.29) is 35.6 Å². The van der Waals surface area contributed by atoms with Gasteiger partial charge < -0.3 is 19.1 Å². The average molecular weight is 635 g/mol. The van der Waals surface area contributed by atoms with Crippen molar-refractivity contribution >= 4 is 17.0 Å². The molecule has 0 atom stereocenters. The molecular formula is C35H28F2N6O4. The summed E-state index contributed by atoms with van der Waals surface area (Å²) in [5.74, 6) is -1.33. The Balaban J connectivity index is 1.32. The van der Waals surface area contributed by atoms with Crippen molar-refractivity contribution in [2.75, 3.05) is 13.7 Å². The van der Waals surface area contributed by atoms with Crippen LogP contribution in [0.15, 0.2) is 79.1 Å². The fraction of sp³-hybridized carbons (Fsp3) is 0.171. The Kier molecular flexibility index (Phi) is 8.73. The molecule has 0 amide bonds. The van der Waals surface area contributed by atoms with Crippen LogP contribution in [0, 0.1) is 23.0 Å². The van der Waals surface area contributed by atoms with Crippen LogP contribution < -0.4 is 4.74 Å². The van der Waals surface area contributed by atoms with E-state index in [1.807, 2.05) is 16.8 Å². The van der Waals surface area contributed by atoms with E-state index >= 15 is 4.39 Å². The smallest absolute Gasteiger partial charge is 0.335 e. The van der Waals surface area contributed by atoms with Crippen molar-refractivity contribution < 1.29 is 28.2 Å². The van der Waals surface area contributed by atoms with Crippen LogP contribution in [-0.2, 0) is 31.4 Å². The highest BCUT2D eigenvalue weighted by molar-refractivity contribution is 5.92. The van der Waals surface area contributed by atoms with Gasteiger partial charge in [0, 0.05) is 56.1 Å². The maximum absolute atomic E-state index is 15.8. The van der Waals surface area contributed by atoms with E-state index in [1.165, 1.54) is 24.3 Å². The highest BCUT2D eigenvalue weighted by atomic mass is 19.1. The van der Waals surface area contributed by atoms with Crippen LogP contribution in [0.5, 0.6) is 5.88 Å². The SMILES string of the molecule is COCCn1c(Cc2ccc(-c3cc(-c4cnn(C)c4)cc(OCc4ccc(C#N)cc4F)n3)cc2F)nc2ccc(C(=O)O)cc21. The van der Waals surface area contributed by atoms with E-state index in [9.17, 15) is 14.3 Å². The lowest BCUT2D eigenvalue weighted by molar-refractivity contribution is 0.0697. The summed E-state index contributed by atoms with van der Waals surface area (Å²) in [4.78, 5) is 20.8. The van der Waals surface area contributed by atoms with Crippen molar-refractivity contribution in [3.63, 3.8) is 0 Å². The number of aromatic nitrogens is 5. The van der Waals surface area contributed by atoms with Crippen LogP contribution in [0.4, 0.5) is 8.78 Å². The van der Waals surface area contributed by atoms with Gasteiger partial charge in [0.25, 0.3) is 0 Å². The number of nitrogens with zero attached hydrogens (tertiary/aromatic N) is 6. The third-order valence-electron chi connectivity index (χ3n) is 7.69. The van der Waals surface area contributed by atoms with Gasteiger partial charge in [-0.3, -0.25) is 4.68 Å².